The smallest absolute Gasteiger partial charge is 0.123 e. The maximum absolute atomic E-state index is 6.00. The van der Waals surface area contributed by atoms with Crippen LogP contribution < -0.4 is 10.5 Å². The highest BCUT2D eigenvalue weighted by Gasteiger charge is 2.07. The number of thiocarbonyl (C=S) groups is 1. The fourth-order valence-electron chi connectivity index (χ4n) is 2.32. The Morgan fingerprint density at radius 1 is 1.05 bits per heavy atom. The molecule has 0 atom stereocenters. The molecule has 0 amide bonds. The minimum atomic E-state index is 0.427. The summed E-state index contributed by atoms with van der Waals surface area (Å²) < 4.78 is 6.00. The number of hydrogen-bond acceptors (Lipinski definition) is 2. The summed E-state index contributed by atoms with van der Waals surface area (Å²) in [4.78, 5) is 0.427. The summed E-state index contributed by atoms with van der Waals surface area (Å²) >= 11 is 5.00. The van der Waals surface area contributed by atoms with Crippen LogP contribution in [-0.2, 0) is 6.61 Å². The number of benzene rings is 2. The second kappa shape index (κ2) is 6.27. The van der Waals surface area contributed by atoms with E-state index in [0.717, 1.165) is 22.4 Å². The fourth-order valence-corrected chi connectivity index (χ4v) is 2.44. The van der Waals surface area contributed by atoms with Gasteiger partial charge in [0.05, 0.1) is 0 Å². The average molecular weight is 299 g/mol. The SMILES string of the molecule is Cc1cc(C)c(C)c(OCc2ccc(C(N)=S)cc2C)c1. The van der Waals surface area contributed by atoms with Crippen molar-refractivity contribution in [1.29, 1.82) is 0 Å². The van der Waals surface area contributed by atoms with Crippen LogP contribution in [0, 0.1) is 27.7 Å². The van der Waals surface area contributed by atoms with Crippen molar-refractivity contribution in [2.75, 3.05) is 0 Å². The average Bonchev–Trinajstić information content (AvgIpc) is 2.42. The molecule has 2 nitrogen and oxygen atoms in total. The maximum Gasteiger partial charge on any atom is 0.123 e. The third-order valence-corrected chi connectivity index (χ3v) is 4.01. The molecule has 2 N–H and O–H groups in total. The first kappa shape index (κ1) is 15.5. The molecular weight excluding hydrogens is 278 g/mol. The monoisotopic (exact) mass is 299 g/mol. The van der Waals surface area contributed by atoms with Crippen molar-refractivity contribution in [3.05, 3.63) is 63.7 Å². The van der Waals surface area contributed by atoms with E-state index in [0.29, 0.717) is 11.6 Å². The van der Waals surface area contributed by atoms with E-state index in [1.165, 1.54) is 16.7 Å². The van der Waals surface area contributed by atoms with Crippen LogP contribution in [0.3, 0.4) is 0 Å². The minimum absolute atomic E-state index is 0.427. The van der Waals surface area contributed by atoms with E-state index in [-0.39, 0.29) is 0 Å². The van der Waals surface area contributed by atoms with Crippen molar-refractivity contribution in [2.45, 2.75) is 34.3 Å². The molecule has 2 aromatic carbocycles. The molecule has 0 aliphatic rings. The Kier molecular flexibility index (Phi) is 4.63. The number of aryl methyl sites for hydroxylation is 3. The summed E-state index contributed by atoms with van der Waals surface area (Å²) in [5.41, 5.74) is 12.5. The van der Waals surface area contributed by atoms with Gasteiger partial charge in [-0.3, -0.25) is 0 Å². The Morgan fingerprint density at radius 2 is 1.76 bits per heavy atom. The lowest BCUT2D eigenvalue weighted by atomic mass is 10.0. The molecule has 0 fully saturated rings. The first-order valence-corrected chi connectivity index (χ1v) is 7.39. The van der Waals surface area contributed by atoms with E-state index in [1.807, 2.05) is 18.2 Å². The molecule has 2 rings (SSSR count). The van der Waals surface area contributed by atoms with Gasteiger partial charge in [-0.15, -0.1) is 0 Å². The Balaban J connectivity index is 2.19. The third-order valence-electron chi connectivity index (χ3n) is 3.77. The van der Waals surface area contributed by atoms with Gasteiger partial charge in [0.25, 0.3) is 0 Å². The summed E-state index contributed by atoms with van der Waals surface area (Å²) in [7, 11) is 0. The highest BCUT2D eigenvalue weighted by Crippen LogP contribution is 2.24. The first-order valence-electron chi connectivity index (χ1n) is 6.98. The summed E-state index contributed by atoms with van der Waals surface area (Å²) in [6.45, 7) is 8.88. The van der Waals surface area contributed by atoms with E-state index >= 15 is 0 Å². The van der Waals surface area contributed by atoms with E-state index < -0.39 is 0 Å². The van der Waals surface area contributed by atoms with Gasteiger partial charge in [-0.1, -0.05) is 30.4 Å². The zero-order chi connectivity index (χ0) is 15.6. The van der Waals surface area contributed by atoms with Crippen molar-refractivity contribution >= 4 is 17.2 Å². The van der Waals surface area contributed by atoms with Gasteiger partial charge < -0.3 is 10.5 Å². The third kappa shape index (κ3) is 3.61. The summed E-state index contributed by atoms with van der Waals surface area (Å²) in [6, 6.07) is 10.2. The van der Waals surface area contributed by atoms with E-state index in [4.69, 9.17) is 22.7 Å². The Labute approximate surface area is 131 Å². The molecule has 0 bridgehead atoms. The molecule has 2 aromatic rings. The molecule has 3 heteroatoms. The van der Waals surface area contributed by atoms with E-state index in [2.05, 4.69) is 39.8 Å². The fraction of sp³-hybridized carbons (Fsp3) is 0.278. The van der Waals surface area contributed by atoms with Gasteiger partial charge in [0.15, 0.2) is 0 Å². The predicted molar refractivity (Wildman–Crippen MR) is 92.1 cm³/mol. The van der Waals surface area contributed by atoms with Gasteiger partial charge in [-0.25, -0.2) is 0 Å². The highest BCUT2D eigenvalue weighted by molar-refractivity contribution is 7.80. The van der Waals surface area contributed by atoms with Gasteiger partial charge in [-0.2, -0.15) is 0 Å². The zero-order valence-corrected chi connectivity index (χ0v) is 13.8. The van der Waals surface area contributed by atoms with Crippen LogP contribution in [0.25, 0.3) is 0 Å². The Bertz CT molecular complexity index is 692. The van der Waals surface area contributed by atoms with Crippen LogP contribution in [0.5, 0.6) is 5.75 Å². The summed E-state index contributed by atoms with van der Waals surface area (Å²) in [6.07, 6.45) is 0. The first-order chi connectivity index (χ1) is 9.88. The van der Waals surface area contributed by atoms with Gasteiger partial charge >= 0.3 is 0 Å². The molecule has 0 aliphatic heterocycles. The molecule has 0 heterocycles. The largest absolute Gasteiger partial charge is 0.489 e. The van der Waals surface area contributed by atoms with Crippen LogP contribution in [-0.4, -0.2) is 4.99 Å². The lowest BCUT2D eigenvalue weighted by Gasteiger charge is -2.14. The zero-order valence-electron chi connectivity index (χ0n) is 13.0. The number of nitrogens with two attached hydrogens (primary N) is 1. The van der Waals surface area contributed by atoms with Crippen LogP contribution in [0.4, 0.5) is 0 Å². The van der Waals surface area contributed by atoms with Crippen LogP contribution in [0.15, 0.2) is 30.3 Å². The Morgan fingerprint density at radius 3 is 2.38 bits per heavy atom. The lowest BCUT2D eigenvalue weighted by molar-refractivity contribution is 0.303. The van der Waals surface area contributed by atoms with Crippen molar-refractivity contribution in [3.63, 3.8) is 0 Å². The maximum atomic E-state index is 6.00. The lowest BCUT2D eigenvalue weighted by Crippen LogP contribution is -2.10. The Hall–Kier alpha value is -1.87. The van der Waals surface area contributed by atoms with Crippen molar-refractivity contribution in [1.82, 2.24) is 0 Å². The second-order valence-corrected chi connectivity index (χ2v) is 5.94. The van der Waals surface area contributed by atoms with Crippen molar-refractivity contribution in [2.24, 2.45) is 5.73 Å². The van der Waals surface area contributed by atoms with Crippen LogP contribution in [0.2, 0.25) is 0 Å². The normalized spacial score (nSPS) is 10.5. The number of ether oxygens (including phenoxy) is 1. The molecular formula is C18H21NOS. The minimum Gasteiger partial charge on any atom is -0.489 e. The molecule has 0 unspecified atom stereocenters. The molecule has 0 spiro atoms. The van der Waals surface area contributed by atoms with Crippen LogP contribution >= 0.6 is 12.2 Å². The van der Waals surface area contributed by atoms with Crippen molar-refractivity contribution in [3.8, 4) is 5.75 Å². The van der Waals surface area contributed by atoms with Crippen LogP contribution in [0.1, 0.15) is 33.4 Å². The molecule has 0 saturated carbocycles. The molecule has 0 saturated heterocycles. The summed E-state index contributed by atoms with van der Waals surface area (Å²) in [5.74, 6) is 0.949. The standard InChI is InChI=1S/C18H21NOS/c1-11-7-12(2)14(4)17(8-11)20-10-16-6-5-15(18(19)21)9-13(16)3/h5-9H,10H2,1-4H3,(H2,19,21). The molecule has 0 aromatic heterocycles. The highest BCUT2D eigenvalue weighted by atomic mass is 32.1. The molecule has 0 aliphatic carbocycles. The predicted octanol–water partition coefficient (Wildman–Crippen LogP) is 4.13. The van der Waals surface area contributed by atoms with Crippen molar-refractivity contribution < 1.29 is 4.74 Å². The quantitative estimate of drug-likeness (QED) is 0.862. The molecule has 110 valence electrons. The topological polar surface area (TPSA) is 35.2 Å². The molecule has 0 radical (unpaired) electrons. The van der Waals surface area contributed by atoms with E-state index in [1.54, 1.807) is 0 Å². The summed E-state index contributed by atoms with van der Waals surface area (Å²) in [5, 5.41) is 0. The van der Waals surface area contributed by atoms with Gasteiger partial charge in [-0.05, 0) is 67.6 Å². The van der Waals surface area contributed by atoms with Gasteiger partial charge in [0.1, 0.15) is 17.3 Å². The number of hydrogen-bond donors (Lipinski definition) is 1. The van der Waals surface area contributed by atoms with E-state index in [9.17, 15) is 0 Å². The van der Waals surface area contributed by atoms with Gasteiger partial charge in [0, 0.05) is 5.56 Å². The second-order valence-electron chi connectivity index (χ2n) is 5.50. The number of rotatable bonds is 4. The van der Waals surface area contributed by atoms with Gasteiger partial charge in [0.2, 0.25) is 0 Å². The molecule has 21 heavy (non-hydrogen) atoms.